The molecule has 4 rings (SSSR count). The summed E-state index contributed by atoms with van der Waals surface area (Å²) in [4.78, 5) is 20.0. The van der Waals surface area contributed by atoms with Gasteiger partial charge in [0.2, 0.25) is 5.71 Å². The molecule has 0 aliphatic carbocycles. The van der Waals surface area contributed by atoms with Crippen molar-refractivity contribution in [1.82, 2.24) is 9.97 Å². The molecule has 7 heteroatoms. The van der Waals surface area contributed by atoms with Gasteiger partial charge in [0.15, 0.2) is 5.76 Å². The van der Waals surface area contributed by atoms with E-state index >= 15 is 0 Å². The van der Waals surface area contributed by atoms with E-state index in [1.54, 1.807) is 0 Å². The molecule has 0 bridgehead atoms. The molecular weight excluding hydrogens is 434 g/mol. The van der Waals surface area contributed by atoms with E-state index < -0.39 is 0 Å². The second-order valence-electron chi connectivity index (χ2n) is 6.42. The number of hydrogen-bond donors (Lipinski definition) is 1. The summed E-state index contributed by atoms with van der Waals surface area (Å²) in [6, 6.07) is 19.3. The van der Waals surface area contributed by atoms with Crippen LogP contribution >= 0.6 is 15.9 Å². The van der Waals surface area contributed by atoms with Crippen LogP contribution in [0.2, 0.25) is 0 Å². The summed E-state index contributed by atoms with van der Waals surface area (Å²) in [5.74, 6) is 0.936. The molecule has 0 fully saturated rings. The van der Waals surface area contributed by atoms with Crippen LogP contribution in [-0.4, -0.2) is 22.5 Å². The summed E-state index contributed by atoms with van der Waals surface area (Å²) in [6.45, 7) is 1.57. The van der Waals surface area contributed by atoms with Gasteiger partial charge in [-0.25, -0.2) is 9.97 Å². The van der Waals surface area contributed by atoms with Crippen molar-refractivity contribution in [2.75, 3.05) is 11.9 Å². The van der Waals surface area contributed by atoms with Gasteiger partial charge in [0.05, 0.1) is 15.9 Å². The minimum Gasteiger partial charge on any atom is -0.463 e. The maximum atomic E-state index is 11.4. The van der Waals surface area contributed by atoms with Gasteiger partial charge in [-0.05, 0) is 21.5 Å². The number of esters is 1. The topological polar surface area (TPSA) is 77.2 Å². The Hall–Kier alpha value is -3.19. The number of hydrogen-bond acceptors (Lipinski definition) is 6. The fourth-order valence-corrected chi connectivity index (χ4v) is 3.72. The smallest absolute Gasteiger partial charge is 0.302 e. The van der Waals surface area contributed by atoms with Crippen molar-refractivity contribution in [2.45, 2.75) is 13.0 Å². The first-order valence-corrected chi connectivity index (χ1v) is 9.86. The van der Waals surface area contributed by atoms with Gasteiger partial charge < -0.3 is 14.5 Å². The van der Waals surface area contributed by atoms with Crippen LogP contribution in [-0.2, 0) is 9.53 Å². The van der Waals surface area contributed by atoms with Gasteiger partial charge in [0.25, 0.3) is 0 Å². The third-order valence-corrected chi connectivity index (χ3v) is 5.19. The highest BCUT2D eigenvalue weighted by molar-refractivity contribution is 9.10. The average molecular weight is 452 g/mol. The molecule has 0 saturated heterocycles. The lowest BCUT2D eigenvalue weighted by Crippen LogP contribution is -2.19. The van der Waals surface area contributed by atoms with E-state index in [4.69, 9.17) is 9.15 Å². The zero-order valence-corrected chi connectivity index (χ0v) is 17.2. The van der Waals surface area contributed by atoms with Crippen LogP contribution in [0.25, 0.3) is 22.4 Å². The van der Waals surface area contributed by atoms with E-state index in [2.05, 4.69) is 31.2 Å². The van der Waals surface area contributed by atoms with Crippen LogP contribution in [0.3, 0.4) is 0 Å². The normalized spacial score (nSPS) is 11.9. The largest absolute Gasteiger partial charge is 0.463 e. The van der Waals surface area contributed by atoms with Gasteiger partial charge in [-0.3, -0.25) is 4.79 Å². The maximum absolute atomic E-state index is 11.4. The van der Waals surface area contributed by atoms with Crippen molar-refractivity contribution in [3.05, 3.63) is 77.0 Å². The number of halogens is 1. The summed E-state index contributed by atoms with van der Waals surface area (Å²) in [7, 11) is 0. The van der Waals surface area contributed by atoms with E-state index in [0.29, 0.717) is 17.3 Å². The molecule has 2 aromatic heterocycles. The number of carbonyl (C=O) groups excluding carboxylic acids is 1. The minimum atomic E-state index is -0.337. The lowest BCUT2D eigenvalue weighted by Gasteiger charge is -2.19. The Kier molecular flexibility index (Phi) is 5.57. The molecule has 1 atom stereocenters. The lowest BCUT2D eigenvalue weighted by molar-refractivity contribution is -0.141. The molecule has 0 spiro atoms. The van der Waals surface area contributed by atoms with Crippen LogP contribution in [0.1, 0.15) is 18.5 Å². The number of furan rings is 1. The van der Waals surface area contributed by atoms with Gasteiger partial charge in [-0.2, -0.15) is 0 Å². The predicted molar refractivity (Wildman–Crippen MR) is 114 cm³/mol. The van der Waals surface area contributed by atoms with Gasteiger partial charge in [0, 0.05) is 12.5 Å². The molecule has 1 N–H and O–H groups in total. The Morgan fingerprint density at radius 2 is 1.79 bits per heavy atom. The van der Waals surface area contributed by atoms with Crippen LogP contribution in [0.4, 0.5) is 5.82 Å². The monoisotopic (exact) mass is 451 g/mol. The molecule has 29 heavy (non-hydrogen) atoms. The highest BCUT2D eigenvalue weighted by Gasteiger charge is 2.21. The quantitative estimate of drug-likeness (QED) is 0.397. The number of nitrogens with one attached hydrogen (secondary N) is 1. The third-order valence-electron chi connectivity index (χ3n) is 4.43. The molecule has 0 unspecified atom stereocenters. The van der Waals surface area contributed by atoms with Crippen molar-refractivity contribution in [3.63, 3.8) is 0 Å². The molecule has 0 aliphatic heterocycles. The number of benzene rings is 2. The molecule has 2 aromatic carbocycles. The van der Waals surface area contributed by atoms with E-state index in [9.17, 15) is 4.79 Å². The SMILES string of the molecule is CC(=O)OC[C@@H](Nc1ncnc2oc(-c3ccccc3)c(Br)c12)c1ccccc1. The van der Waals surface area contributed by atoms with Gasteiger partial charge >= 0.3 is 5.97 Å². The van der Waals surface area contributed by atoms with Crippen LogP contribution in [0.15, 0.2) is 75.9 Å². The predicted octanol–water partition coefficient (Wildman–Crippen LogP) is 5.37. The zero-order valence-electron chi connectivity index (χ0n) is 15.6. The average Bonchev–Trinajstić information content (AvgIpc) is 3.09. The van der Waals surface area contributed by atoms with E-state index in [0.717, 1.165) is 21.0 Å². The molecule has 0 aliphatic rings. The van der Waals surface area contributed by atoms with Crippen LogP contribution in [0, 0.1) is 0 Å². The molecular formula is C22H18BrN3O3. The zero-order chi connectivity index (χ0) is 20.2. The van der Waals surface area contributed by atoms with Crippen molar-refractivity contribution in [2.24, 2.45) is 0 Å². The van der Waals surface area contributed by atoms with E-state index in [1.165, 1.54) is 13.3 Å². The van der Waals surface area contributed by atoms with Gasteiger partial charge in [-0.1, -0.05) is 60.7 Å². The Morgan fingerprint density at radius 3 is 2.48 bits per heavy atom. The number of fused-ring (bicyclic) bond motifs is 1. The Labute approximate surface area is 176 Å². The number of rotatable bonds is 6. The van der Waals surface area contributed by atoms with E-state index in [-0.39, 0.29) is 18.6 Å². The van der Waals surface area contributed by atoms with Gasteiger partial charge in [0.1, 0.15) is 18.8 Å². The summed E-state index contributed by atoms with van der Waals surface area (Å²) in [5, 5.41) is 4.11. The second kappa shape index (κ2) is 8.45. The Balaban J connectivity index is 1.74. The highest BCUT2D eigenvalue weighted by atomic mass is 79.9. The van der Waals surface area contributed by atoms with Crippen LogP contribution in [0.5, 0.6) is 0 Å². The summed E-state index contributed by atoms with van der Waals surface area (Å²) in [6.07, 6.45) is 1.45. The lowest BCUT2D eigenvalue weighted by atomic mass is 10.1. The third kappa shape index (κ3) is 4.14. The first-order valence-electron chi connectivity index (χ1n) is 9.06. The summed E-state index contributed by atoms with van der Waals surface area (Å²) in [5.41, 5.74) is 2.37. The van der Waals surface area contributed by atoms with Crippen molar-refractivity contribution in [1.29, 1.82) is 0 Å². The molecule has 4 aromatic rings. The molecule has 0 amide bonds. The molecule has 0 saturated carbocycles. The van der Waals surface area contributed by atoms with Crippen LogP contribution < -0.4 is 5.32 Å². The number of aromatic nitrogens is 2. The molecule has 146 valence electrons. The highest BCUT2D eigenvalue weighted by Crippen LogP contribution is 2.40. The fraction of sp³-hybridized carbons (Fsp3) is 0.136. The maximum Gasteiger partial charge on any atom is 0.302 e. The number of anilines is 1. The molecule has 0 radical (unpaired) electrons. The fourth-order valence-electron chi connectivity index (χ4n) is 3.06. The molecule has 6 nitrogen and oxygen atoms in total. The Morgan fingerprint density at radius 1 is 1.10 bits per heavy atom. The standard InChI is InChI=1S/C22H18BrN3O3/c1-14(27)28-12-17(15-8-4-2-5-9-15)26-21-18-19(23)20(16-10-6-3-7-11-16)29-22(18)25-13-24-21/h2-11,13,17H,12H2,1H3,(H,24,25,26)/t17-/m1/s1. The Bertz CT molecular complexity index is 1130. The summed E-state index contributed by atoms with van der Waals surface area (Å²) >= 11 is 3.65. The number of nitrogens with zero attached hydrogens (tertiary/aromatic N) is 2. The number of carbonyl (C=O) groups is 1. The number of ether oxygens (including phenoxy) is 1. The van der Waals surface area contributed by atoms with Crippen molar-refractivity contribution in [3.8, 4) is 11.3 Å². The van der Waals surface area contributed by atoms with Crippen molar-refractivity contribution < 1.29 is 13.9 Å². The first kappa shape index (κ1) is 19.1. The summed E-state index contributed by atoms with van der Waals surface area (Å²) < 4.78 is 12.0. The first-order chi connectivity index (χ1) is 14.1. The van der Waals surface area contributed by atoms with Gasteiger partial charge in [-0.15, -0.1) is 0 Å². The minimum absolute atomic E-state index is 0.172. The second-order valence-corrected chi connectivity index (χ2v) is 7.22. The van der Waals surface area contributed by atoms with Crippen molar-refractivity contribution >= 4 is 38.8 Å². The molecule has 2 heterocycles. The van der Waals surface area contributed by atoms with E-state index in [1.807, 2.05) is 60.7 Å².